The third-order valence-electron chi connectivity index (χ3n) is 3.13. The number of nitrogen functional groups attached to an aromatic ring is 1. The van der Waals surface area contributed by atoms with Crippen molar-refractivity contribution < 1.29 is 9.84 Å². The molecule has 0 amide bonds. The Labute approximate surface area is 107 Å². The van der Waals surface area contributed by atoms with E-state index in [1.807, 2.05) is 6.92 Å². The molecule has 6 nitrogen and oxygen atoms in total. The van der Waals surface area contributed by atoms with Crippen molar-refractivity contribution >= 4 is 11.6 Å². The molecule has 0 spiro atoms. The van der Waals surface area contributed by atoms with Gasteiger partial charge in [-0.25, -0.2) is 9.97 Å². The molecule has 1 saturated heterocycles. The molecule has 0 radical (unpaired) electrons. The summed E-state index contributed by atoms with van der Waals surface area (Å²) in [7, 11) is 0. The Bertz CT molecular complexity index is 405. The first-order chi connectivity index (χ1) is 8.61. The van der Waals surface area contributed by atoms with Crippen LogP contribution in [0.3, 0.4) is 0 Å². The van der Waals surface area contributed by atoms with Gasteiger partial charge < -0.3 is 20.9 Å². The molecular formula is C12H20N4O2. The van der Waals surface area contributed by atoms with E-state index in [1.165, 1.54) is 0 Å². The molecule has 0 bridgehead atoms. The second-order valence-corrected chi connectivity index (χ2v) is 4.64. The minimum absolute atomic E-state index is 0.448. The van der Waals surface area contributed by atoms with E-state index in [9.17, 15) is 5.11 Å². The van der Waals surface area contributed by atoms with Gasteiger partial charge in [0.05, 0.1) is 5.60 Å². The summed E-state index contributed by atoms with van der Waals surface area (Å²) in [6.07, 6.45) is 2.01. The molecule has 1 aromatic heterocycles. The third kappa shape index (κ3) is 3.30. The monoisotopic (exact) mass is 252 g/mol. The number of nitrogens with one attached hydrogen (secondary N) is 1. The van der Waals surface area contributed by atoms with E-state index in [-0.39, 0.29) is 0 Å². The molecule has 2 heterocycles. The van der Waals surface area contributed by atoms with Crippen LogP contribution in [0.15, 0.2) is 6.07 Å². The van der Waals surface area contributed by atoms with Crippen LogP contribution in [0.4, 0.5) is 11.6 Å². The second-order valence-electron chi connectivity index (χ2n) is 4.64. The molecular weight excluding hydrogens is 232 g/mol. The minimum Gasteiger partial charge on any atom is -0.388 e. The van der Waals surface area contributed by atoms with Gasteiger partial charge in [0.25, 0.3) is 0 Å². The van der Waals surface area contributed by atoms with Crippen molar-refractivity contribution in [2.24, 2.45) is 0 Å². The summed E-state index contributed by atoms with van der Waals surface area (Å²) in [5.74, 6) is 1.82. The number of hydrogen-bond donors (Lipinski definition) is 3. The summed E-state index contributed by atoms with van der Waals surface area (Å²) >= 11 is 0. The fourth-order valence-electron chi connectivity index (χ4n) is 1.95. The van der Waals surface area contributed by atoms with Gasteiger partial charge >= 0.3 is 0 Å². The van der Waals surface area contributed by atoms with Gasteiger partial charge in [0.2, 0.25) is 0 Å². The molecule has 0 saturated carbocycles. The lowest BCUT2D eigenvalue weighted by atomic mass is 9.94. The lowest BCUT2D eigenvalue weighted by Crippen LogP contribution is -2.42. The van der Waals surface area contributed by atoms with Crippen molar-refractivity contribution in [1.82, 2.24) is 9.97 Å². The molecule has 18 heavy (non-hydrogen) atoms. The standard InChI is InChI=1S/C12H20N4O2/c1-2-10-15-9(13)7-11(16-10)14-8-12(17)3-5-18-6-4-12/h7,17H,2-6,8H2,1H3,(H3,13,14,15,16). The van der Waals surface area contributed by atoms with Crippen molar-refractivity contribution in [2.75, 3.05) is 30.8 Å². The highest BCUT2D eigenvalue weighted by molar-refractivity contribution is 5.44. The van der Waals surface area contributed by atoms with Crippen LogP contribution in [0.2, 0.25) is 0 Å². The zero-order valence-corrected chi connectivity index (χ0v) is 10.6. The summed E-state index contributed by atoms with van der Waals surface area (Å²) in [5, 5.41) is 13.4. The van der Waals surface area contributed by atoms with E-state index in [2.05, 4.69) is 15.3 Å². The number of aliphatic hydroxyl groups is 1. The van der Waals surface area contributed by atoms with E-state index >= 15 is 0 Å². The molecule has 0 atom stereocenters. The van der Waals surface area contributed by atoms with Crippen molar-refractivity contribution in [1.29, 1.82) is 0 Å². The average molecular weight is 252 g/mol. The zero-order valence-electron chi connectivity index (χ0n) is 10.6. The van der Waals surface area contributed by atoms with Crippen LogP contribution in [0.5, 0.6) is 0 Å². The Morgan fingerprint density at radius 1 is 1.44 bits per heavy atom. The van der Waals surface area contributed by atoms with Crippen LogP contribution in [0.1, 0.15) is 25.6 Å². The number of nitrogens with two attached hydrogens (primary N) is 1. The van der Waals surface area contributed by atoms with Crippen LogP contribution < -0.4 is 11.1 Å². The number of rotatable bonds is 4. The predicted octanol–water partition coefficient (Wildman–Crippen LogP) is 0.575. The van der Waals surface area contributed by atoms with E-state index in [0.717, 1.165) is 6.42 Å². The molecule has 0 unspecified atom stereocenters. The number of hydrogen-bond acceptors (Lipinski definition) is 6. The van der Waals surface area contributed by atoms with Crippen molar-refractivity contribution in [2.45, 2.75) is 31.8 Å². The lowest BCUT2D eigenvalue weighted by Gasteiger charge is -2.32. The van der Waals surface area contributed by atoms with Crippen LogP contribution in [-0.4, -0.2) is 40.4 Å². The zero-order chi connectivity index (χ0) is 13.0. The molecule has 1 fully saturated rings. The Balaban J connectivity index is 1.98. The van der Waals surface area contributed by atoms with Crippen molar-refractivity contribution in [3.05, 3.63) is 11.9 Å². The second kappa shape index (κ2) is 5.49. The topological polar surface area (TPSA) is 93.3 Å². The van der Waals surface area contributed by atoms with E-state index in [0.29, 0.717) is 50.1 Å². The van der Waals surface area contributed by atoms with Gasteiger partial charge in [-0.2, -0.15) is 0 Å². The minimum atomic E-state index is -0.718. The SMILES string of the molecule is CCc1nc(N)cc(NCC2(O)CCOCC2)n1. The van der Waals surface area contributed by atoms with Crippen LogP contribution >= 0.6 is 0 Å². The van der Waals surface area contributed by atoms with E-state index < -0.39 is 5.60 Å². The Hall–Kier alpha value is -1.40. The van der Waals surface area contributed by atoms with Gasteiger partial charge in [0.15, 0.2) is 0 Å². The summed E-state index contributed by atoms with van der Waals surface area (Å²) in [6.45, 7) is 3.63. The fraction of sp³-hybridized carbons (Fsp3) is 0.667. The molecule has 0 aromatic carbocycles. The van der Waals surface area contributed by atoms with Crippen LogP contribution in [-0.2, 0) is 11.2 Å². The maximum Gasteiger partial charge on any atom is 0.132 e. The number of aryl methyl sites for hydroxylation is 1. The Kier molecular flexibility index (Phi) is 3.98. The van der Waals surface area contributed by atoms with Crippen molar-refractivity contribution in [3.8, 4) is 0 Å². The first kappa shape index (κ1) is 13.0. The van der Waals surface area contributed by atoms with Gasteiger partial charge in [-0.15, -0.1) is 0 Å². The van der Waals surface area contributed by atoms with Gasteiger partial charge in [0, 0.05) is 45.1 Å². The number of aromatic nitrogens is 2. The molecule has 1 aliphatic heterocycles. The quantitative estimate of drug-likeness (QED) is 0.725. The number of nitrogens with zero attached hydrogens (tertiary/aromatic N) is 2. The maximum atomic E-state index is 10.3. The average Bonchev–Trinajstić information content (AvgIpc) is 2.37. The Morgan fingerprint density at radius 2 is 2.17 bits per heavy atom. The summed E-state index contributed by atoms with van der Waals surface area (Å²) in [4.78, 5) is 8.43. The molecule has 100 valence electrons. The predicted molar refractivity (Wildman–Crippen MR) is 69.3 cm³/mol. The van der Waals surface area contributed by atoms with Crippen molar-refractivity contribution in [3.63, 3.8) is 0 Å². The molecule has 6 heteroatoms. The Morgan fingerprint density at radius 3 is 2.83 bits per heavy atom. The van der Waals surface area contributed by atoms with Gasteiger partial charge in [0.1, 0.15) is 17.5 Å². The first-order valence-electron chi connectivity index (χ1n) is 6.29. The number of anilines is 2. The highest BCUT2D eigenvalue weighted by atomic mass is 16.5. The van der Waals surface area contributed by atoms with E-state index in [1.54, 1.807) is 6.07 Å². The lowest BCUT2D eigenvalue weighted by molar-refractivity contribution is -0.0543. The maximum absolute atomic E-state index is 10.3. The van der Waals surface area contributed by atoms with Gasteiger partial charge in [-0.1, -0.05) is 6.92 Å². The summed E-state index contributed by atoms with van der Waals surface area (Å²) in [5.41, 5.74) is 4.99. The molecule has 0 aliphatic carbocycles. The largest absolute Gasteiger partial charge is 0.388 e. The molecule has 2 rings (SSSR count). The third-order valence-corrected chi connectivity index (χ3v) is 3.13. The molecule has 1 aliphatic rings. The molecule has 1 aromatic rings. The first-order valence-corrected chi connectivity index (χ1v) is 6.29. The highest BCUT2D eigenvalue weighted by Gasteiger charge is 2.29. The normalized spacial score (nSPS) is 18.6. The molecule has 4 N–H and O–H groups in total. The smallest absolute Gasteiger partial charge is 0.132 e. The van der Waals surface area contributed by atoms with Gasteiger partial charge in [-0.05, 0) is 0 Å². The number of ether oxygens (including phenoxy) is 1. The van der Waals surface area contributed by atoms with Gasteiger partial charge in [-0.3, -0.25) is 0 Å². The van der Waals surface area contributed by atoms with Crippen LogP contribution in [0, 0.1) is 0 Å². The van der Waals surface area contributed by atoms with E-state index in [4.69, 9.17) is 10.5 Å². The summed E-state index contributed by atoms with van der Waals surface area (Å²) < 4.78 is 5.24. The fourth-order valence-corrected chi connectivity index (χ4v) is 1.95. The van der Waals surface area contributed by atoms with Crippen LogP contribution in [0.25, 0.3) is 0 Å². The highest BCUT2D eigenvalue weighted by Crippen LogP contribution is 2.21. The summed E-state index contributed by atoms with van der Waals surface area (Å²) in [6, 6.07) is 1.68.